The SMILES string of the molecule is Cc1cc(NC(=O)C(F)(F)F)ccc1N1CCCCC1. The average Bonchev–Trinajstić information content (AvgIpc) is 2.38. The first-order chi connectivity index (χ1) is 9.38. The summed E-state index contributed by atoms with van der Waals surface area (Å²) in [4.78, 5) is 13.1. The largest absolute Gasteiger partial charge is 0.471 e. The van der Waals surface area contributed by atoms with Gasteiger partial charge in [0.05, 0.1) is 0 Å². The summed E-state index contributed by atoms with van der Waals surface area (Å²) in [6.45, 7) is 3.78. The number of nitrogens with zero attached hydrogens (tertiary/aromatic N) is 1. The first-order valence-electron chi connectivity index (χ1n) is 6.62. The molecule has 1 aromatic rings. The van der Waals surface area contributed by atoms with Crippen LogP contribution in [-0.4, -0.2) is 25.2 Å². The number of amides is 1. The van der Waals surface area contributed by atoms with Crippen molar-refractivity contribution >= 4 is 17.3 Å². The lowest BCUT2D eigenvalue weighted by atomic mass is 10.1. The third-order valence-electron chi connectivity index (χ3n) is 3.41. The van der Waals surface area contributed by atoms with E-state index in [2.05, 4.69) is 4.90 Å². The van der Waals surface area contributed by atoms with Gasteiger partial charge in [-0.3, -0.25) is 4.79 Å². The topological polar surface area (TPSA) is 32.3 Å². The molecule has 0 unspecified atom stereocenters. The van der Waals surface area contributed by atoms with Crippen LogP contribution in [0.3, 0.4) is 0 Å². The standard InChI is InChI=1S/C14H17F3N2O/c1-10-9-11(18-13(20)14(15,16)17)5-6-12(10)19-7-3-2-4-8-19/h5-6,9H,2-4,7-8H2,1H3,(H,18,20). The number of alkyl halides is 3. The van der Waals surface area contributed by atoms with Crippen LogP contribution in [0.1, 0.15) is 24.8 Å². The fourth-order valence-electron chi connectivity index (χ4n) is 2.42. The van der Waals surface area contributed by atoms with E-state index in [0.29, 0.717) is 0 Å². The molecule has 0 bridgehead atoms. The fourth-order valence-corrected chi connectivity index (χ4v) is 2.42. The summed E-state index contributed by atoms with van der Waals surface area (Å²) in [6, 6.07) is 4.86. The van der Waals surface area contributed by atoms with Crippen LogP contribution in [0.15, 0.2) is 18.2 Å². The Hall–Kier alpha value is -1.72. The molecule has 1 fully saturated rings. The van der Waals surface area contributed by atoms with E-state index in [1.165, 1.54) is 12.5 Å². The van der Waals surface area contributed by atoms with Crippen molar-refractivity contribution in [1.82, 2.24) is 0 Å². The number of nitrogens with one attached hydrogen (secondary N) is 1. The van der Waals surface area contributed by atoms with Crippen molar-refractivity contribution in [3.8, 4) is 0 Å². The van der Waals surface area contributed by atoms with Crippen LogP contribution in [0, 0.1) is 6.92 Å². The van der Waals surface area contributed by atoms with Crippen molar-refractivity contribution in [2.24, 2.45) is 0 Å². The first-order valence-corrected chi connectivity index (χ1v) is 6.62. The summed E-state index contributed by atoms with van der Waals surface area (Å²) in [5.41, 5.74) is 2.06. The van der Waals surface area contributed by atoms with Gasteiger partial charge in [0.15, 0.2) is 0 Å². The number of rotatable bonds is 2. The molecule has 6 heteroatoms. The second-order valence-corrected chi connectivity index (χ2v) is 5.00. The number of anilines is 2. The van der Waals surface area contributed by atoms with Gasteiger partial charge in [-0.2, -0.15) is 13.2 Å². The first kappa shape index (κ1) is 14.7. The zero-order chi connectivity index (χ0) is 14.8. The Kier molecular flexibility index (Phi) is 4.20. The number of carbonyl (C=O) groups excluding carboxylic acids is 1. The van der Waals surface area contributed by atoms with Gasteiger partial charge in [0.2, 0.25) is 0 Å². The van der Waals surface area contributed by atoms with Gasteiger partial charge in [-0.15, -0.1) is 0 Å². The molecule has 1 aromatic carbocycles. The molecule has 1 N–H and O–H groups in total. The van der Waals surface area contributed by atoms with E-state index in [0.717, 1.165) is 37.2 Å². The van der Waals surface area contributed by atoms with Crippen LogP contribution < -0.4 is 10.2 Å². The number of carbonyl (C=O) groups is 1. The second kappa shape index (κ2) is 5.73. The smallest absolute Gasteiger partial charge is 0.371 e. The van der Waals surface area contributed by atoms with E-state index < -0.39 is 12.1 Å². The van der Waals surface area contributed by atoms with Gasteiger partial charge in [-0.05, 0) is 49.9 Å². The number of aryl methyl sites for hydroxylation is 1. The Morgan fingerprint density at radius 1 is 1.20 bits per heavy atom. The van der Waals surface area contributed by atoms with Crippen molar-refractivity contribution in [1.29, 1.82) is 0 Å². The molecule has 0 atom stereocenters. The molecule has 1 aliphatic heterocycles. The molecule has 1 amide bonds. The van der Waals surface area contributed by atoms with Gasteiger partial charge < -0.3 is 10.2 Å². The highest BCUT2D eigenvalue weighted by molar-refractivity contribution is 5.95. The highest BCUT2D eigenvalue weighted by Gasteiger charge is 2.38. The monoisotopic (exact) mass is 286 g/mol. The van der Waals surface area contributed by atoms with E-state index in [1.807, 2.05) is 12.2 Å². The maximum atomic E-state index is 12.2. The molecule has 0 radical (unpaired) electrons. The summed E-state index contributed by atoms with van der Waals surface area (Å²) in [7, 11) is 0. The van der Waals surface area contributed by atoms with Crippen molar-refractivity contribution in [3.05, 3.63) is 23.8 Å². The molecule has 3 nitrogen and oxygen atoms in total. The zero-order valence-corrected chi connectivity index (χ0v) is 11.3. The average molecular weight is 286 g/mol. The minimum Gasteiger partial charge on any atom is -0.371 e. The molecule has 20 heavy (non-hydrogen) atoms. The summed E-state index contributed by atoms with van der Waals surface area (Å²) in [6.07, 6.45) is -1.38. The number of benzene rings is 1. The maximum absolute atomic E-state index is 12.2. The van der Waals surface area contributed by atoms with E-state index in [1.54, 1.807) is 12.1 Å². The normalized spacial score (nSPS) is 16.1. The number of hydrogen-bond donors (Lipinski definition) is 1. The molecule has 0 spiro atoms. The Bertz CT molecular complexity index is 494. The summed E-state index contributed by atoms with van der Waals surface area (Å²) < 4.78 is 36.6. The van der Waals surface area contributed by atoms with Crippen molar-refractivity contribution in [2.45, 2.75) is 32.4 Å². The summed E-state index contributed by atoms with van der Waals surface area (Å²) >= 11 is 0. The molecule has 1 aliphatic rings. The minimum atomic E-state index is -4.86. The molecule has 0 saturated carbocycles. The van der Waals surface area contributed by atoms with Gasteiger partial charge in [0.25, 0.3) is 0 Å². The lowest BCUT2D eigenvalue weighted by Gasteiger charge is -2.30. The van der Waals surface area contributed by atoms with Crippen molar-refractivity contribution in [2.75, 3.05) is 23.3 Å². The molecule has 2 rings (SSSR count). The molecule has 0 aliphatic carbocycles. The molecule has 1 saturated heterocycles. The molecular formula is C14H17F3N2O. The van der Waals surface area contributed by atoms with Crippen LogP contribution in [0.2, 0.25) is 0 Å². The summed E-state index contributed by atoms with van der Waals surface area (Å²) in [5, 5.41) is 1.87. The molecular weight excluding hydrogens is 269 g/mol. The Morgan fingerprint density at radius 3 is 2.40 bits per heavy atom. The van der Waals surface area contributed by atoms with Crippen LogP contribution in [0.4, 0.5) is 24.5 Å². The number of halogens is 3. The lowest BCUT2D eigenvalue weighted by molar-refractivity contribution is -0.167. The molecule has 0 aromatic heterocycles. The molecule has 1 heterocycles. The molecule has 110 valence electrons. The van der Waals surface area contributed by atoms with E-state index in [4.69, 9.17) is 0 Å². The quantitative estimate of drug-likeness (QED) is 0.902. The zero-order valence-electron chi connectivity index (χ0n) is 11.3. The Labute approximate surface area is 115 Å². The predicted molar refractivity (Wildman–Crippen MR) is 71.9 cm³/mol. The van der Waals surface area contributed by atoms with Crippen LogP contribution in [0.5, 0.6) is 0 Å². The third kappa shape index (κ3) is 3.43. The second-order valence-electron chi connectivity index (χ2n) is 5.00. The van der Waals surface area contributed by atoms with Gasteiger partial charge >= 0.3 is 12.1 Å². The van der Waals surface area contributed by atoms with Gasteiger partial charge in [-0.1, -0.05) is 0 Å². The van der Waals surface area contributed by atoms with E-state index in [-0.39, 0.29) is 5.69 Å². The highest BCUT2D eigenvalue weighted by atomic mass is 19.4. The van der Waals surface area contributed by atoms with Crippen molar-refractivity contribution < 1.29 is 18.0 Å². The van der Waals surface area contributed by atoms with Gasteiger partial charge in [0, 0.05) is 24.5 Å². The Morgan fingerprint density at radius 2 is 1.85 bits per heavy atom. The minimum absolute atomic E-state index is 0.172. The summed E-state index contributed by atoms with van der Waals surface area (Å²) in [5.74, 6) is -1.94. The van der Waals surface area contributed by atoms with Crippen LogP contribution in [0.25, 0.3) is 0 Å². The van der Waals surface area contributed by atoms with E-state index in [9.17, 15) is 18.0 Å². The van der Waals surface area contributed by atoms with Crippen LogP contribution >= 0.6 is 0 Å². The van der Waals surface area contributed by atoms with Gasteiger partial charge in [0.1, 0.15) is 0 Å². The number of hydrogen-bond acceptors (Lipinski definition) is 2. The van der Waals surface area contributed by atoms with E-state index >= 15 is 0 Å². The van der Waals surface area contributed by atoms with Crippen LogP contribution in [-0.2, 0) is 4.79 Å². The Balaban J connectivity index is 2.11. The van der Waals surface area contributed by atoms with Gasteiger partial charge in [-0.25, -0.2) is 0 Å². The predicted octanol–water partition coefficient (Wildman–Crippen LogP) is 3.49. The highest BCUT2D eigenvalue weighted by Crippen LogP contribution is 2.27. The fraction of sp³-hybridized carbons (Fsp3) is 0.500. The lowest BCUT2D eigenvalue weighted by Crippen LogP contribution is -2.31. The van der Waals surface area contributed by atoms with Crippen molar-refractivity contribution in [3.63, 3.8) is 0 Å². The third-order valence-corrected chi connectivity index (χ3v) is 3.41. The maximum Gasteiger partial charge on any atom is 0.471 e. The number of piperidine rings is 1.